The Hall–Kier alpha value is -1.84. The summed E-state index contributed by atoms with van der Waals surface area (Å²) in [5.74, 6) is -0.577. The van der Waals surface area contributed by atoms with Gasteiger partial charge in [0.1, 0.15) is 17.5 Å². The van der Waals surface area contributed by atoms with Gasteiger partial charge in [-0.05, 0) is 44.4 Å². The van der Waals surface area contributed by atoms with Crippen LogP contribution in [0.15, 0.2) is 24.3 Å². The minimum absolute atomic E-state index is 0.171. The molecule has 0 N–H and O–H groups in total. The molecule has 4 nitrogen and oxygen atoms in total. The van der Waals surface area contributed by atoms with Gasteiger partial charge in [-0.3, -0.25) is 9.59 Å². The molecule has 1 atom stereocenters. The van der Waals surface area contributed by atoms with E-state index < -0.39 is 11.9 Å². The number of rotatable bonds is 12. The summed E-state index contributed by atoms with van der Waals surface area (Å²) in [4.78, 5) is 23.6. The van der Waals surface area contributed by atoms with Crippen LogP contribution in [-0.4, -0.2) is 25.0 Å². The molecular weight excluding hydrogens is 304 g/mol. The zero-order valence-electron chi connectivity index (χ0n) is 15.2. The van der Waals surface area contributed by atoms with Crippen molar-refractivity contribution in [2.45, 2.75) is 59.3 Å². The van der Waals surface area contributed by atoms with Gasteiger partial charge in [0.25, 0.3) is 0 Å². The van der Waals surface area contributed by atoms with Gasteiger partial charge in [-0.1, -0.05) is 44.7 Å². The lowest BCUT2D eigenvalue weighted by Gasteiger charge is -2.13. The zero-order valence-corrected chi connectivity index (χ0v) is 15.2. The first-order valence-corrected chi connectivity index (χ1v) is 8.97. The molecule has 0 aliphatic heterocycles. The average molecular weight is 334 g/mol. The maximum absolute atomic E-state index is 11.9. The van der Waals surface area contributed by atoms with Crippen LogP contribution in [0, 0.1) is 5.92 Å². The van der Waals surface area contributed by atoms with Crippen molar-refractivity contribution in [3.8, 4) is 5.75 Å². The van der Waals surface area contributed by atoms with E-state index in [1.54, 1.807) is 6.92 Å². The number of ketones is 1. The van der Waals surface area contributed by atoms with Gasteiger partial charge >= 0.3 is 5.97 Å². The van der Waals surface area contributed by atoms with Crippen molar-refractivity contribution in [2.75, 3.05) is 13.2 Å². The summed E-state index contributed by atoms with van der Waals surface area (Å²) in [7, 11) is 0. The normalized spacial score (nSPS) is 11.8. The van der Waals surface area contributed by atoms with Gasteiger partial charge in [0.05, 0.1) is 13.2 Å². The zero-order chi connectivity index (χ0) is 17.8. The third-order valence-electron chi connectivity index (χ3n) is 3.92. The number of ether oxygens (including phenoxy) is 2. The quantitative estimate of drug-likeness (QED) is 0.324. The molecule has 0 saturated heterocycles. The van der Waals surface area contributed by atoms with E-state index in [4.69, 9.17) is 9.47 Å². The minimum Gasteiger partial charge on any atom is -0.494 e. The molecule has 0 heterocycles. The Bertz CT molecular complexity index is 510. The van der Waals surface area contributed by atoms with Crippen LogP contribution in [0.5, 0.6) is 5.75 Å². The summed E-state index contributed by atoms with van der Waals surface area (Å²) in [5.41, 5.74) is 0.909. The molecule has 0 aliphatic carbocycles. The molecule has 0 amide bonds. The predicted octanol–water partition coefficient (Wildman–Crippen LogP) is 4.35. The molecule has 0 spiro atoms. The number of esters is 1. The number of unbranched alkanes of at least 4 members (excludes halogenated alkanes) is 4. The van der Waals surface area contributed by atoms with Crippen LogP contribution in [0.4, 0.5) is 0 Å². The molecule has 0 aromatic heterocycles. The van der Waals surface area contributed by atoms with E-state index in [-0.39, 0.29) is 12.4 Å². The fourth-order valence-corrected chi connectivity index (χ4v) is 2.53. The second-order valence-electron chi connectivity index (χ2n) is 6.03. The second kappa shape index (κ2) is 11.7. The van der Waals surface area contributed by atoms with Crippen molar-refractivity contribution in [3.05, 3.63) is 29.8 Å². The van der Waals surface area contributed by atoms with Crippen LogP contribution < -0.4 is 4.74 Å². The number of Topliss-reactive ketones (excluding diaryl/α,β-unsaturated/α-hetero) is 1. The van der Waals surface area contributed by atoms with E-state index in [2.05, 4.69) is 6.92 Å². The van der Waals surface area contributed by atoms with Crippen molar-refractivity contribution >= 4 is 11.8 Å². The van der Waals surface area contributed by atoms with E-state index in [9.17, 15) is 9.59 Å². The molecule has 0 bridgehead atoms. The highest BCUT2D eigenvalue weighted by molar-refractivity contribution is 5.98. The highest BCUT2D eigenvalue weighted by Gasteiger charge is 2.25. The van der Waals surface area contributed by atoms with Crippen molar-refractivity contribution < 1.29 is 19.1 Å². The monoisotopic (exact) mass is 334 g/mol. The second-order valence-corrected chi connectivity index (χ2v) is 6.03. The lowest BCUT2D eigenvalue weighted by atomic mass is 9.96. The van der Waals surface area contributed by atoms with Gasteiger partial charge in [0.15, 0.2) is 0 Å². The van der Waals surface area contributed by atoms with Gasteiger partial charge in [-0.2, -0.15) is 0 Å². The summed E-state index contributed by atoms with van der Waals surface area (Å²) in [6.07, 6.45) is 6.34. The molecule has 0 aliphatic rings. The van der Waals surface area contributed by atoms with Gasteiger partial charge in [0.2, 0.25) is 0 Å². The molecular formula is C20H30O4. The van der Waals surface area contributed by atoms with Crippen molar-refractivity contribution in [3.63, 3.8) is 0 Å². The SMILES string of the molecule is CCCCCCCOc1cccc(CC(C(C)=O)C(=O)OCC)c1. The lowest BCUT2D eigenvalue weighted by Crippen LogP contribution is -2.26. The van der Waals surface area contributed by atoms with Crippen molar-refractivity contribution in [1.82, 2.24) is 0 Å². The maximum Gasteiger partial charge on any atom is 0.316 e. The first-order valence-electron chi connectivity index (χ1n) is 8.97. The van der Waals surface area contributed by atoms with E-state index in [0.717, 1.165) is 17.7 Å². The predicted molar refractivity (Wildman–Crippen MR) is 95.2 cm³/mol. The summed E-state index contributed by atoms with van der Waals surface area (Å²) in [6.45, 7) is 6.35. The van der Waals surface area contributed by atoms with Gasteiger partial charge in [-0.15, -0.1) is 0 Å². The van der Waals surface area contributed by atoms with Crippen LogP contribution in [0.1, 0.15) is 58.4 Å². The number of carbonyl (C=O) groups is 2. The fourth-order valence-electron chi connectivity index (χ4n) is 2.53. The van der Waals surface area contributed by atoms with E-state index >= 15 is 0 Å². The standard InChI is InChI=1S/C20H30O4/c1-4-6-7-8-9-13-24-18-12-10-11-17(14-18)15-19(16(3)21)20(22)23-5-2/h10-12,14,19H,4-9,13,15H2,1-3H3. The minimum atomic E-state index is -0.741. The number of hydrogen-bond acceptors (Lipinski definition) is 4. The molecule has 1 aromatic carbocycles. The van der Waals surface area contributed by atoms with Crippen molar-refractivity contribution in [2.24, 2.45) is 5.92 Å². The van der Waals surface area contributed by atoms with Crippen LogP contribution >= 0.6 is 0 Å². The van der Waals surface area contributed by atoms with Crippen molar-refractivity contribution in [1.29, 1.82) is 0 Å². The lowest BCUT2D eigenvalue weighted by molar-refractivity contribution is -0.151. The molecule has 1 unspecified atom stereocenters. The van der Waals surface area contributed by atoms with Gasteiger partial charge in [0, 0.05) is 0 Å². The summed E-state index contributed by atoms with van der Waals surface area (Å²) in [6, 6.07) is 7.61. The molecule has 1 aromatic rings. The van der Waals surface area contributed by atoms with Crippen LogP contribution in [0.3, 0.4) is 0 Å². The number of hydrogen-bond donors (Lipinski definition) is 0. The van der Waals surface area contributed by atoms with Crippen LogP contribution in [0.25, 0.3) is 0 Å². The number of benzene rings is 1. The molecule has 134 valence electrons. The smallest absolute Gasteiger partial charge is 0.316 e. The fraction of sp³-hybridized carbons (Fsp3) is 0.600. The number of carbonyl (C=O) groups excluding carboxylic acids is 2. The van der Waals surface area contributed by atoms with E-state index in [0.29, 0.717) is 13.0 Å². The molecule has 24 heavy (non-hydrogen) atoms. The summed E-state index contributed by atoms with van der Waals surface area (Å²) < 4.78 is 10.8. The summed E-state index contributed by atoms with van der Waals surface area (Å²) >= 11 is 0. The Labute approximate surface area is 145 Å². The van der Waals surface area contributed by atoms with E-state index in [1.807, 2.05) is 24.3 Å². The first kappa shape index (κ1) is 20.2. The average Bonchev–Trinajstić information content (AvgIpc) is 2.56. The van der Waals surface area contributed by atoms with Gasteiger partial charge in [-0.25, -0.2) is 0 Å². The highest BCUT2D eigenvalue weighted by atomic mass is 16.5. The van der Waals surface area contributed by atoms with E-state index in [1.165, 1.54) is 32.6 Å². The Morgan fingerprint density at radius 1 is 1.08 bits per heavy atom. The first-order chi connectivity index (χ1) is 11.6. The summed E-state index contributed by atoms with van der Waals surface area (Å²) in [5, 5.41) is 0. The largest absolute Gasteiger partial charge is 0.494 e. The highest BCUT2D eigenvalue weighted by Crippen LogP contribution is 2.18. The Morgan fingerprint density at radius 2 is 1.83 bits per heavy atom. The molecule has 1 rings (SSSR count). The molecule has 0 saturated carbocycles. The third-order valence-corrected chi connectivity index (χ3v) is 3.92. The Balaban J connectivity index is 2.54. The third kappa shape index (κ3) is 7.62. The molecule has 0 fully saturated rings. The molecule has 4 heteroatoms. The topological polar surface area (TPSA) is 52.6 Å². The Morgan fingerprint density at radius 3 is 2.50 bits per heavy atom. The van der Waals surface area contributed by atoms with Crippen LogP contribution in [-0.2, 0) is 20.7 Å². The Kier molecular flexibility index (Phi) is 9.81. The maximum atomic E-state index is 11.9. The van der Waals surface area contributed by atoms with Crippen LogP contribution in [0.2, 0.25) is 0 Å². The van der Waals surface area contributed by atoms with Gasteiger partial charge < -0.3 is 9.47 Å². The molecule has 0 radical (unpaired) electrons.